The number of anilines is 1. The highest BCUT2D eigenvalue weighted by Gasteiger charge is 2.10. The van der Waals surface area contributed by atoms with Crippen LogP contribution in [0.25, 0.3) is 0 Å². The minimum Gasteiger partial charge on any atom is -0.379 e. The maximum Gasteiger partial charge on any atom is 0.0747 e. The first-order valence-electron chi connectivity index (χ1n) is 5.75. The topological polar surface area (TPSA) is 33.5 Å². The number of hydrogen-bond acceptors (Lipinski definition) is 4. The van der Waals surface area contributed by atoms with Crippen LogP contribution in [0.3, 0.4) is 0 Å². The van der Waals surface area contributed by atoms with Crippen LogP contribution in [0.4, 0.5) is 5.69 Å². The molecule has 0 spiro atoms. The van der Waals surface area contributed by atoms with E-state index < -0.39 is 0 Å². The predicted octanol–water partition coefficient (Wildman–Crippen LogP) is 0.281. The molecule has 0 saturated carbocycles. The molecule has 0 radical (unpaired) electrons. The highest BCUT2D eigenvalue weighted by atomic mass is 16.5. The Labute approximate surface area is 96.6 Å². The second kappa shape index (κ2) is 5.32. The number of rotatable bonds is 4. The summed E-state index contributed by atoms with van der Waals surface area (Å²) < 4.78 is 7.32. The molecule has 1 aliphatic rings. The van der Waals surface area contributed by atoms with E-state index in [1.807, 2.05) is 25.0 Å². The normalized spacial score (nSPS) is 17.6. The third kappa shape index (κ3) is 2.96. The summed E-state index contributed by atoms with van der Waals surface area (Å²) in [7, 11) is 4.06. The zero-order chi connectivity index (χ0) is 11.4. The van der Waals surface area contributed by atoms with E-state index in [1.54, 1.807) is 0 Å². The predicted molar refractivity (Wildman–Crippen MR) is 63.8 cm³/mol. The summed E-state index contributed by atoms with van der Waals surface area (Å²) in [6.45, 7) is 5.82. The average molecular weight is 224 g/mol. The maximum absolute atomic E-state index is 5.32. The van der Waals surface area contributed by atoms with Gasteiger partial charge < -0.3 is 9.64 Å². The lowest BCUT2D eigenvalue weighted by atomic mass is 10.4. The molecule has 0 aromatic carbocycles. The summed E-state index contributed by atoms with van der Waals surface area (Å²) >= 11 is 0. The second-order valence-electron chi connectivity index (χ2n) is 4.31. The molecule has 2 heterocycles. The van der Waals surface area contributed by atoms with Crippen LogP contribution in [0.15, 0.2) is 12.4 Å². The molecule has 16 heavy (non-hydrogen) atoms. The van der Waals surface area contributed by atoms with Gasteiger partial charge in [-0.2, -0.15) is 5.10 Å². The van der Waals surface area contributed by atoms with Gasteiger partial charge in [0.15, 0.2) is 0 Å². The van der Waals surface area contributed by atoms with E-state index in [1.165, 1.54) is 0 Å². The van der Waals surface area contributed by atoms with Gasteiger partial charge in [0, 0.05) is 39.9 Å². The lowest BCUT2D eigenvalue weighted by molar-refractivity contribution is 0.0360. The van der Waals surface area contributed by atoms with Gasteiger partial charge in [0.05, 0.1) is 31.6 Å². The van der Waals surface area contributed by atoms with Crippen LogP contribution in [0, 0.1) is 0 Å². The SMILES string of the molecule is CN(C)c1cnn(CCN2CCOCC2)c1. The molecule has 1 aliphatic heterocycles. The second-order valence-corrected chi connectivity index (χ2v) is 4.31. The number of hydrogen-bond donors (Lipinski definition) is 0. The highest BCUT2D eigenvalue weighted by Crippen LogP contribution is 2.08. The average Bonchev–Trinajstić information content (AvgIpc) is 2.76. The summed E-state index contributed by atoms with van der Waals surface area (Å²) in [5.41, 5.74) is 1.15. The molecule has 1 aromatic heterocycles. The summed E-state index contributed by atoms with van der Waals surface area (Å²) in [5.74, 6) is 0. The Balaban J connectivity index is 1.79. The van der Waals surface area contributed by atoms with E-state index >= 15 is 0 Å². The molecule has 1 fully saturated rings. The zero-order valence-electron chi connectivity index (χ0n) is 10.1. The van der Waals surface area contributed by atoms with Gasteiger partial charge in [0.1, 0.15) is 0 Å². The Morgan fingerprint density at radius 2 is 2.06 bits per heavy atom. The van der Waals surface area contributed by atoms with E-state index in [0.717, 1.165) is 45.1 Å². The van der Waals surface area contributed by atoms with Crippen molar-refractivity contribution in [2.24, 2.45) is 0 Å². The van der Waals surface area contributed by atoms with Crippen LogP contribution in [0.1, 0.15) is 0 Å². The zero-order valence-corrected chi connectivity index (χ0v) is 10.1. The Morgan fingerprint density at radius 1 is 1.31 bits per heavy atom. The smallest absolute Gasteiger partial charge is 0.0747 e. The van der Waals surface area contributed by atoms with Gasteiger partial charge in [0.2, 0.25) is 0 Å². The van der Waals surface area contributed by atoms with Crippen LogP contribution in [0.5, 0.6) is 0 Å². The fourth-order valence-electron chi connectivity index (χ4n) is 1.77. The molecular formula is C11H20N4O. The van der Waals surface area contributed by atoms with Crippen molar-refractivity contribution in [1.82, 2.24) is 14.7 Å². The van der Waals surface area contributed by atoms with Gasteiger partial charge in [-0.15, -0.1) is 0 Å². The number of aromatic nitrogens is 2. The van der Waals surface area contributed by atoms with Crippen LogP contribution in [-0.4, -0.2) is 61.6 Å². The summed E-state index contributed by atoms with van der Waals surface area (Å²) in [4.78, 5) is 4.48. The fourth-order valence-corrected chi connectivity index (χ4v) is 1.77. The molecule has 0 N–H and O–H groups in total. The fraction of sp³-hybridized carbons (Fsp3) is 0.727. The first-order valence-corrected chi connectivity index (χ1v) is 5.75. The third-order valence-electron chi connectivity index (χ3n) is 2.89. The van der Waals surface area contributed by atoms with Gasteiger partial charge in [-0.3, -0.25) is 9.58 Å². The molecule has 0 atom stereocenters. The van der Waals surface area contributed by atoms with Gasteiger partial charge in [-0.05, 0) is 0 Å². The van der Waals surface area contributed by atoms with Crippen molar-refractivity contribution in [2.45, 2.75) is 6.54 Å². The lowest BCUT2D eigenvalue weighted by Gasteiger charge is -2.26. The molecule has 5 heteroatoms. The molecule has 2 rings (SSSR count). The molecule has 90 valence electrons. The third-order valence-corrected chi connectivity index (χ3v) is 2.89. The molecule has 0 aliphatic carbocycles. The van der Waals surface area contributed by atoms with E-state index in [-0.39, 0.29) is 0 Å². The van der Waals surface area contributed by atoms with Gasteiger partial charge in [-0.25, -0.2) is 0 Å². The molecule has 0 unspecified atom stereocenters. The molecule has 1 saturated heterocycles. The molecule has 0 amide bonds. The minimum absolute atomic E-state index is 0.863. The Morgan fingerprint density at radius 3 is 2.69 bits per heavy atom. The summed E-state index contributed by atoms with van der Waals surface area (Å²) in [6.07, 6.45) is 3.99. The first-order chi connectivity index (χ1) is 7.75. The number of morpholine rings is 1. The standard InChI is InChI=1S/C11H20N4O/c1-13(2)11-9-12-15(10-11)4-3-14-5-7-16-8-6-14/h9-10H,3-8H2,1-2H3. The quantitative estimate of drug-likeness (QED) is 0.735. The minimum atomic E-state index is 0.863. The molecular weight excluding hydrogens is 204 g/mol. The van der Waals surface area contributed by atoms with Crippen molar-refractivity contribution < 1.29 is 4.74 Å². The first kappa shape index (κ1) is 11.4. The Bertz CT molecular complexity index is 318. The van der Waals surface area contributed by atoms with E-state index in [0.29, 0.717) is 0 Å². The van der Waals surface area contributed by atoms with E-state index in [2.05, 4.69) is 21.1 Å². The van der Waals surface area contributed by atoms with Crippen molar-refractivity contribution in [2.75, 3.05) is 51.8 Å². The summed E-state index contributed by atoms with van der Waals surface area (Å²) in [6, 6.07) is 0. The Hall–Kier alpha value is -1.07. The van der Waals surface area contributed by atoms with Gasteiger partial charge >= 0.3 is 0 Å². The Kier molecular flexibility index (Phi) is 3.79. The maximum atomic E-state index is 5.32. The van der Waals surface area contributed by atoms with Crippen molar-refractivity contribution in [3.05, 3.63) is 12.4 Å². The monoisotopic (exact) mass is 224 g/mol. The molecule has 5 nitrogen and oxygen atoms in total. The van der Waals surface area contributed by atoms with E-state index in [4.69, 9.17) is 4.74 Å². The van der Waals surface area contributed by atoms with Crippen LogP contribution in [0.2, 0.25) is 0 Å². The van der Waals surface area contributed by atoms with Gasteiger partial charge in [0.25, 0.3) is 0 Å². The van der Waals surface area contributed by atoms with Crippen molar-refractivity contribution >= 4 is 5.69 Å². The largest absolute Gasteiger partial charge is 0.379 e. The molecule has 1 aromatic rings. The molecule has 0 bridgehead atoms. The number of ether oxygens (including phenoxy) is 1. The number of nitrogens with zero attached hydrogens (tertiary/aromatic N) is 4. The lowest BCUT2D eigenvalue weighted by Crippen LogP contribution is -2.38. The van der Waals surface area contributed by atoms with Crippen molar-refractivity contribution in [3.63, 3.8) is 0 Å². The van der Waals surface area contributed by atoms with E-state index in [9.17, 15) is 0 Å². The van der Waals surface area contributed by atoms with Crippen LogP contribution >= 0.6 is 0 Å². The highest BCUT2D eigenvalue weighted by molar-refractivity contribution is 5.39. The van der Waals surface area contributed by atoms with Gasteiger partial charge in [-0.1, -0.05) is 0 Å². The van der Waals surface area contributed by atoms with Crippen LogP contribution < -0.4 is 4.90 Å². The van der Waals surface area contributed by atoms with Crippen molar-refractivity contribution in [1.29, 1.82) is 0 Å². The van der Waals surface area contributed by atoms with Crippen molar-refractivity contribution in [3.8, 4) is 0 Å². The van der Waals surface area contributed by atoms with Crippen LogP contribution in [-0.2, 0) is 11.3 Å². The summed E-state index contributed by atoms with van der Waals surface area (Å²) in [5, 5.41) is 4.34.